The van der Waals surface area contributed by atoms with Gasteiger partial charge in [-0.05, 0) is 0 Å². The van der Waals surface area contributed by atoms with Crippen molar-refractivity contribution in [1.82, 2.24) is 0 Å². The van der Waals surface area contributed by atoms with E-state index in [1.807, 2.05) is 0 Å². The maximum atomic E-state index is 11.8. The van der Waals surface area contributed by atoms with Crippen molar-refractivity contribution < 1.29 is 47.7 Å². The zero-order valence-electron chi connectivity index (χ0n) is 15.6. The number of rotatable bonds is 7. The summed E-state index contributed by atoms with van der Waals surface area (Å²) in [6.45, 7) is 5.22. The van der Waals surface area contributed by atoms with Crippen LogP contribution in [0.3, 0.4) is 0 Å². The van der Waals surface area contributed by atoms with Crippen LogP contribution in [0.15, 0.2) is 0 Å². The highest BCUT2D eigenvalue weighted by Gasteiger charge is 2.62. The predicted molar refractivity (Wildman–Crippen MR) is 90.3 cm³/mol. The average molecular weight is 406 g/mol. The standard InChI is InChI=1S/C16H22O10S/c1-8(17)22-6-14(24-10(3)19)16(26-12(5)21)15(25-11(4)20)13(7-27-16)23-9(2)18/h13-15H,6-7H2,1-5H3/t13-,14+,15+,16-/m0/s1. The van der Waals surface area contributed by atoms with Gasteiger partial charge in [0.25, 0.3) is 0 Å². The van der Waals surface area contributed by atoms with E-state index in [0.717, 1.165) is 39.5 Å². The number of hydrogen-bond acceptors (Lipinski definition) is 11. The van der Waals surface area contributed by atoms with Crippen LogP contribution >= 0.6 is 11.8 Å². The normalized spacial score (nSPS) is 25.1. The molecule has 0 unspecified atom stereocenters. The molecule has 1 rings (SSSR count). The molecular weight excluding hydrogens is 384 g/mol. The molecule has 0 saturated carbocycles. The van der Waals surface area contributed by atoms with E-state index in [1.165, 1.54) is 6.92 Å². The van der Waals surface area contributed by atoms with Crippen molar-refractivity contribution in [3.05, 3.63) is 0 Å². The van der Waals surface area contributed by atoms with Gasteiger partial charge in [-0.2, -0.15) is 0 Å². The maximum Gasteiger partial charge on any atom is 0.304 e. The minimum Gasteiger partial charge on any atom is -0.462 e. The van der Waals surface area contributed by atoms with Gasteiger partial charge in [0.15, 0.2) is 18.3 Å². The fourth-order valence-corrected chi connectivity index (χ4v) is 4.08. The number of thioether (sulfide) groups is 1. The van der Waals surface area contributed by atoms with Crippen molar-refractivity contribution in [2.45, 2.75) is 57.9 Å². The zero-order valence-corrected chi connectivity index (χ0v) is 16.5. The van der Waals surface area contributed by atoms with E-state index in [1.54, 1.807) is 0 Å². The molecule has 0 amide bonds. The van der Waals surface area contributed by atoms with Crippen LogP contribution in [0.4, 0.5) is 0 Å². The monoisotopic (exact) mass is 406 g/mol. The van der Waals surface area contributed by atoms with E-state index in [-0.39, 0.29) is 5.75 Å². The van der Waals surface area contributed by atoms with Crippen LogP contribution in [-0.2, 0) is 47.7 Å². The van der Waals surface area contributed by atoms with Gasteiger partial charge in [-0.25, -0.2) is 0 Å². The second kappa shape index (κ2) is 9.58. The summed E-state index contributed by atoms with van der Waals surface area (Å²) in [6.07, 6.45) is -3.56. The summed E-state index contributed by atoms with van der Waals surface area (Å²) < 4.78 is 26.0. The Bertz CT molecular complexity index is 618. The second-order valence-corrected chi connectivity index (χ2v) is 6.96. The van der Waals surface area contributed by atoms with Crippen molar-refractivity contribution >= 4 is 41.6 Å². The largest absolute Gasteiger partial charge is 0.462 e. The van der Waals surface area contributed by atoms with Gasteiger partial charge in [-0.15, -0.1) is 11.8 Å². The van der Waals surface area contributed by atoms with Gasteiger partial charge < -0.3 is 23.7 Å². The number of carbonyl (C=O) groups excluding carboxylic acids is 5. The van der Waals surface area contributed by atoms with Crippen LogP contribution < -0.4 is 0 Å². The SMILES string of the molecule is CC(=O)OC[C@@H](OC(C)=O)[C@]1(OC(C)=O)SC[C@H](OC(C)=O)[C@H]1OC(C)=O. The minimum atomic E-state index is -1.77. The topological polar surface area (TPSA) is 132 Å². The number of carbonyl (C=O) groups is 5. The van der Waals surface area contributed by atoms with E-state index in [2.05, 4.69) is 0 Å². The molecule has 152 valence electrons. The Balaban J connectivity index is 3.37. The second-order valence-electron chi connectivity index (χ2n) is 5.70. The highest BCUT2D eigenvalue weighted by molar-refractivity contribution is 8.01. The third kappa shape index (κ3) is 6.42. The zero-order chi connectivity index (χ0) is 20.8. The van der Waals surface area contributed by atoms with Crippen LogP contribution in [0, 0.1) is 0 Å². The molecule has 11 heteroatoms. The molecule has 27 heavy (non-hydrogen) atoms. The molecule has 0 aromatic rings. The molecule has 0 N–H and O–H groups in total. The molecule has 0 aromatic heterocycles. The lowest BCUT2D eigenvalue weighted by atomic mass is 10.0. The van der Waals surface area contributed by atoms with E-state index in [9.17, 15) is 24.0 Å². The summed E-state index contributed by atoms with van der Waals surface area (Å²) in [5, 5.41) is 0. The molecule has 0 spiro atoms. The Hall–Kier alpha value is -2.30. The first kappa shape index (κ1) is 22.7. The first-order valence-corrected chi connectivity index (χ1v) is 8.95. The summed E-state index contributed by atoms with van der Waals surface area (Å²) in [5.74, 6) is -3.44. The quantitative estimate of drug-likeness (QED) is 0.428. The fraction of sp³-hybridized carbons (Fsp3) is 0.688. The van der Waals surface area contributed by atoms with Crippen molar-refractivity contribution in [2.24, 2.45) is 0 Å². The van der Waals surface area contributed by atoms with Crippen LogP contribution in [0.5, 0.6) is 0 Å². The van der Waals surface area contributed by atoms with Gasteiger partial charge in [0.2, 0.25) is 4.93 Å². The first-order chi connectivity index (χ1) is 12.5. The number of ether oxygens (including phenoxy) is 5. The number of hydrogen-bond donors (Lipinski definition) is 0. The molecule has 1 fully saturated rings. The molecule has 0 aromatic carbocycles. The summed E-state index contributed by atoms with van der Waals surface area (Å²) in [6, 6.07) is 0. The van der Waals surface area contributed by atoms with E-state index >= 15 is 0 Å². The molecule has 0 bridgehead atoms. The molecule has 10 nitrogen and oxygen atoms in total. The third-order valence-electron chi connectivity index (χ3n) is 3.32. The van der Waals surface area contributed by atoms with E-state index in [0.29, 0.717) is 0 Å². The first-order valence-electron chi connectivity index (χ1n) is 7.96. The van der Waals surface area contributed by atoms with Gasteiger partial charge in [0, 0.05) is 40.4 Å². The fourth-order valence-electron chi connectivity index (χ4n) is 2.57. The maximum absolute atomic E-state index is 11.8. The van der Waals surface area contributed by atoms with Crippen LogP contribution in [0.2, 0.25) is 0 Å². The molecular formula is C16H22O10S. The molecule has 1 aliphatic heterocycles. The van der Waals surface area contributed by atoms with Crippen molar-refractivity contribution in [1.29, 1.82) is 0 Å². The molecule has 0 radical (unpaired) electrons. The lowest BCUT2D eigenvalue weighted by Gasteiger charge is -2.38. The summed E-state index contributed by atoms with van der Waals surface area (Å²) >= 11 is 0.954. The third-order valence-corrected chi connectivity index (χ3v) is 4.84. The number of esters is 5. The molecule has 1 aliphatic rings. The Kier molecular flexibility index (Phi) is 8.07. The van der Waals surface area contributed by atoms with Gasteiger partial charge in [-0.3, -0.25) is 24.0 Å². The van der Waals surface area contributed by atoms with Crippen molar-refractivity contribution in [3.8, 4) is 0 Å². The Morgan fingerprint density at radius 2 is 1.48 bits per heavy atom. The van der Waals surface area contributed by atoms with Crippen LogP contribution in [-0.4, -0.2) is 65.5 Å². The molecule has 0 aliphatic carbocycles. The van der Waals surface area contributed by atoms with Crippen LogP contribution in [0.1, 0.15) is 34.6 Å². The lowest BCUT2D eigenvalue weighted by Crippen LogP contribution is -2.57. The summed E-state index contributed by atoms with van der Waals surface area (Å²) in [5.41, 5.74) is 0. The summed E-state index contributed by atoms with van der Waals surface area (Å²) in [7, 11) is 0. The van der Waals surface area contributed by atoms with Crippen molar-refractivity contribution in [2.75, 3.05) is 12.4 Å². The van der Waals surface area contributed by atoms with E-state index in [4.69, 9.17) is 23.7 Å². The van der Waals surface area contributed by atoms with Gasteiger partial charge in [0.1, 0.15) is 6.61 Å². The highest BCUT2D eigenvalue weighted by atomic mass is 32.2. The predicted octanol–water partition coefficient (Wildman–Crippen LogP) is 0.351. The van der Waals surface area contributed by atoms with Gasteiger partial charge in [-0.1, -0.05) is 0 Å². The van der Waals surface area contributed by atoms with E-state index < -0.39 is 59.7 Å². The van der Waals surface area contributed by atoms with Crippen LogP contribution in [0.25, 0.3) is 0 Å². The highest BCUT2D eigenvalue weighted by Crippen LogP contribution is 2.46. The van der Waals surface area contributed by atoms with Crippen molar-refractivity contribution in [3.63, 3.8) is 0 Å². The molecule has 1 saturated heterocycles. The lowest BCUT2D eigenvalue weighted by molar-refractivity contribution is -0.205. The van der Waals surface area contributed by atoms with Gasteiger partial charge >= 0.3 is 29.8 Å². The molecule has 4 atom stereocenters. The Morgan fingerprint density at radius 1 is 0.889 bits per heavy atom. The minimum absolute atomic E-state index is 0.0860. The Morgan fingerprint density at radius 3 is 1.93 bits per heavy atom. The molecule has 1 heterocycles. The Labute approximate surface area is 160 Å². The smallest absolute Gasteiger partial charge is 0.304 e. The van der Waals surface area contributed by atoms with Gasteiger partial charge in [0.05, 0.1) is 0 Å². The summed E-state index contributed by atoms with van der Waals surface area (Å²) in [4.78, 5) is 55.8. The average Bonchev–Trinajstić information content (AvgIpc) is 2.80.